The Morgan fingerprint density at radius 2 is 2.23 bits per heavy atom. The Morgan fingerprint density at radius 1 is 1.50 bits per heavy atom. The highest BCUT2D eigenvalue weighted by Crippen LogP contribution is 2.54. The molecule has 0 unspecified atom stereocenters. The molecule has 7 heteroatoms. The Kier molecular flexibility index (Phi) is 4.15. The predicted molar refractivity (Wildman–Crippen MR) is 84.7 cm³/mol. The SMILES string of the molecule is N#CCOC(=O)[C@H]1CS[C@@]2(c3ccc(Br)cc3)CCC(=O)N12. The molecule has 1 amide bonds. The van der Waals surface area contributed by atoms with Gasteiger partial charge in [-0.1, -0.05) is 28.1 Å². The molecule has 114 valence electrons. The van der Waals surface area contributed by atoms with Gasteiger partial charge in [0.05, 0.1) is 0 Å². The number of carbonyl (C=O) groups excluding carboxylic acids is 2. The minimum absolute atomic E-state index is 0.0353. The van der Waals surface area contributed by atoms with Crippen LogP contribution in [0.1, 0.15) is 18.4 Å². The molecule has 0 bridgehead atoms. The lowest BCUT2D eigenvalue weighted by atomic mass is 10.0. The largest absolute Gasteiger partial charge is 0.449 e. The third-order valence-electron chi connectivity index (χ3n) is 3.97. The summed E-state index contributed by atoms with van der Waals surface area (Å²) in [5.74, 6) is -0.0402. The highest BCUT2D eigenvalue weighted by Gasteiger charge is 2.57. The van der Waals surface area contributed by atoms with E-state index in [2.05, 4.69) is 15.9 Å². The van der Waals surface area contributed by atoms with E-state index in [0.29, 0.717) is 18.6 Å². The molecular weight excluding hydrogens is 368 g/mol. The van der Waals surface area contributed by atoms with Gasteiger partial charge in [-0.2, -0.15) is 5.26 Å². The molecule has 2 heterocycles. The van der Waals surface area contributed by atoms with Gasteiger partial charge in [-0.3, -0.25) is 4.79 Å². The second-order valence-electron chi connectivity index (χ2n) is 5.15. The van der Waals surface area contributed by atoms with Crippen molar-refractivity contribution >= 4 is 39.6 Å². The fourth-order valence-corrected chi connectivity index (χ4v) is 4.93. The van der Waals surface area contributed by atoms with E-state index in [1.807, 2.05) is 24.3 Å². The zero-order valence-electron chi connectivity index (χ0n) is 11.6. The summed E-state index contributed by atoms with van der Waals surface area (Å²) in [6.07, 6.45) is 1.10. The van der Waals surface area contributed by atoms with Gasteiger partial charge in [0, 0.05) is 16.6 Å². The van der Waals surface area contributed by atoms with E-state index in [0.717, 1.165) is 10.0 Å². The van der Waals surface area contributed by atoms with E-state index in [9.17, 15) is 9.59 Å². The molecule has 2 aliphatic heterocycles. The van der Waals surface area contributed by atoms with Crippen LogP contribution in [0, 0.1) is 11.3 Å². The van der Waals surface area contributed by atoms with Gasteiger partial charge in [0.15, 0.2) is 6.61 Å². The third kappa shape index (κ3) is 2.40. The van der Waals surface area contributed by atoms with Crippen molar-refractivity contribution in [1.29, 1.82) is 5.26 Å². The number of hydrogen-bond donors (Lipinski definition) is 0. The van der Waals surface area contributed by atoms with Gasteiger partial charge in [-0.25, -0.2) is 4.79 Å². The molecule has 1 aromatic carbocycles. The lowest BCUT2D eigenvalue weighted by Crippen LogP contribution is -2.46. The van der Waals surface area contributed by atoms with Gasteiger partial charge in [-0.05, 0) is 24.1 Å². The first-order chi connectivity index (χ1) is 10.6. The van der Waals surface area contributed by atoms with Crippen molar-refractivity contribution in [2.24, 2.45) is 0 Å². The minimum atomic E-state index is -0.614. The number of hydrogen-bond acceptors (Lipinski definition) is 5. The Hall–Kier alpha value is -1.52. The molecular formula is C15H13BrN2O3S. The third-order valence-corrected chi connectivity index (χ3v) is 6.10. The standard InChI is InChI=1S/C15H13BrN2O3S/c16-11-3-1-10(2-4-11)15-6-5-13(19)18(15)12(9-22-15)14(20)21-8-7-17/h1-4,12H,5-6,8-9H2/t12-,15-/m1/s1. The van der Waals surface area contributed by atoms with E-state index in [1.165, 1.54) is 0 Å². The van der Waals surface area contributed by atoms with Crippen molar-refractivity contribution in [1.82, 2.24) is 4.90 Å². The van der Waals surface area contributed by atoms with E-state index in [4.69, 9.17) is 10.00 Å². The summed E-state index contributed by atoms with van der Waals surface area (Å²) in [6, 6.07) is 9.00. The van der Waals surface area contributed by atoms with E-state index in [-0.39, 0.29) is 12.5 Å². The predicted octanol–water partition coefficient (Wildman–Crippen LogP) is 2.41. The van der Waals surface area contributed by atoms with Crippen LogP contribution in [0.25, 0.3) is 0 Å². The Morgan fingerprint density at radius 3 is 2.91 bits per heavy atom. The quantitative estimate of drug-likeness (QED) is 0.752. The lowest BCUT2D eigenvalue weighted by Gasteiger charge is -2.33. The number of thioether (sulfide) groups is 1. The van der Waals surface area contributed by atoms with Gasteiger partial charge >= 0.3 is 5.97 Å². The van der Waals surface area contributed by atoms with Gasteiger partial charge in [0.25, 0.3) is 0 Å². The number of carbonyl (C=O) groups is 2. The number of benzene rings is 1. The molecule has 0 spiro atoms. The number of amides is 1. The first kappa shape index (κ1) is 15.4. The van der Waals surface area contributed by atoms with Crippen molar-refractivity contribution in [2.45, 2.75) is 23.8 Å². The average molecular weight is 381 g/mol. The number of rotatable bonds is 3. The lowest BCUT2D eigenvalue weighted by molar-refractivity contribution is -0.152. The molecule has 2 aliphatic rings. The minimum Gasteiger partial charge on any atom is -0.449 e. The molecule has 22 heavy (non-hydrogen) atoms. The highest BCUT2D eigenvalue weighted by atomic mass is 79.9. The monoisotopic (exact) mass is 380 g/mol. The van der Waals surface area contributed by atoms with Crippen molar-refractivity contribution in [3.8, 4) is 6.07 Å². The number of ether oxygens (including phenoxy) is 1. The molecule has 0 aliphatic carbocycles. The van der Waals surface area contributed by atoms with Crippen LogP contribution in [0.3, 0.4) is 0 Å². The van der Waals surface area contributed by atoms with Crippen LogP contribution in [-0.4, -0.2) is 35.2 Å². The molecule has 5 nitrogen and oxygen atoms in total. The molecule has 0 aromatic heterocycles. The van der Waals surface area contributed by atoms with Crippen LogP contribution >= 0.6 is 27.7 Å². The Labute approximate surface area is 140 Å². The van der Waals surface area contributed by atoms with Crippen molar-refractivity contribution in [2.75, 3.05) is 12.4 Å². The van der Waals surface area contributed by atoms with Crippen LogP contribution in [0.15, 0.2) is 28.7 Å². The highest BCUT2D eigenvalue weighted by molar-refractivity contribution is 9.10. The van der Waals surface area contributed by atoms with Crippen LogP contribution < -0.4 is 0 Å². The van der Waals surface area contributed by atoms with Crippen molar-refractivity contribution in [3.63, 3.8) is 0 Å². The molecule has 2 fully saturated rings. The summed E-state index contributed by atoms with van der Waals surface area (Å²) in [4.78, 5) is 25.6. The second kappa shape index (κ2) is 5.94. The number of halogens is 1. The molecule has 0 radical (unpaired) electrons. The fourth-order valence-electron chi connectivity index (χ4n) is 3.03. The number of esters is 1. The summed E-state index contributed by atoms with van der Waals surface area (Å²) in [6.45, 7) is -0.284. The maximum absolute atomic E-state index is 12.3. The van der Waals surface area contributed by atoms with Crippen molar-refractivity contribution in [3.05, 3.63) is 34.3 Å². The van der Waals surface area contributed by atoms with E-state index < -0.39 is 16.9 Å². The molecule has 2 atom stereocenters. The first-order valence-corrected chi connectivity index (χ1v) is 8.62. The fraction of sp³-hybridized carbons (Fsp3) is 0.400. The van der Waals surface area contributed by atoms with E-state index in [1.54, 1.807) is 22.7 Å². The summed E-state index contributed by atoms with van der Waals surface area (Å²) >= 11 is 5.01. The smallest absolute Gasteiger partial charge is 0.330 e. The molecule has 2 saturated heterocycles. The zero-order chi connectivity index (χ0) is 15.7. The van der Waals surface area contributed by atoms with Gasteiger partial charge in [0.1, 0.15) is 17.0 Å². The summed E-state index contributed by atoms with van der Waals surface area (Å²) in [5.41, 5.74) is 1.02. The molecule has 0 N–H and O–H groups in total. The normalized spacial score (nSPS) is 26.6. The van der Waals surface area contributed by atoms with Crippen LogP contribution in [0.2, 0.25) is 0 Å². The van der Waals surface area contributed by atoms with Gasteiger partial charge in [0.2, 0.25) is 5.91 Å². The van der Waals surface area contributed by atoms with Gasteiger partial charge < -0.3 is 9.64 Å². The summed E-state index contributed by atoms with van der Waals surface area (Å²) in [7, 11) is 0. The van der Waals surface area contributed by atoms with Crippen LogP contribution in [-0.2, 0) is 19.2 Å². The number of nitrogens with zero attached hydrogens (tertiary/aromatic N) is 2. The first-order valence-electron chi connectivity index (χ1n) is 6.84. The Balaban J connectivity index is 1.92. The number of fused-ring (bicyclic) bond motifs is 1. The zero-order valence-corrected chi connectivity index (χ0v) is 14.0. The molecule has 0 saturated carbocycles. The van der Waals surface area contributed by atoms with E-state index >= 15 is 0 Å². The Bertz CT molecular complexity index is 658. The maximum atomic E-state index is 12.3. The van der Waals surface area contributed by atoms with Crippen LogP contribution in [0.4, 0.5) is 0 Å². The topological polar surface area (TPSA) is 70.4 Å². The maximum Gasteiger partial charge on any atom is 0.330 e. The second-order valence-corrected chi connectivity index (χ2v) is 7.36. The number of nitriles is 1. The summed E-state index contributed by atoms with van der Waals surface area (Å²) < 4.78 is 5.89. The van der Waals surface area contributed by atoms with Gasteiger partial charge in [-0.15, -0.1) is 11.8 Å². The molecule has 3 rings (SSSR count). The van der Waals surface area contributed by atoms with Crippen molar-refractivity contribution < 1.29 is 14.3 Å². The molecule has 1 aromatic rings. The average Bonchev–Trinajstić information content (AvgIpc) is 3.05. The van der Waals surface area contributed by atoms with Crippen LogP contribution in [0.5, 0.6) is 0 Å². The summed E-state index contributed by atoms with van der Waals surface area (Å²) in [5, 5.41) is 8.53.